The molecule has 0 aliphatic carbocycles. The minimum absolute atomic E-state index is 0.313. The Morgan fingerprint density at radius 2 is 2.05 bits per heavy atom. The van der Waals surface area contributed by atoms with E-state index in [1.54, 1.807) is 30.3 Å². The molecule has 2 nitrogen and oxygen atoms in total. The zero-order chi connectivity index (χ0) is 13.8. The SMILES string of the molecule is N#Cc1ccc(CSc2cc(Cl)ccc2N)c(F)c1. The Bertz CT molecular complexity index is 652. The predicted molar refractivity (Wildman–Crippen MR) is 76.5 cm³/mol. The Balaban J connectivity index is 2.15. The number of nitrogen functional groups attached to an aromatic ring is 1. The third kappa shape index (κ3) is 3.40. The maximum absolute atomic E-state index is 13.7. The van der Waals surface area contributed by atoms with Crippen molar-refractivity contribution in [3.63, 3.8) is 0 Å². The molecule has 19 heavy (non-hydrogen) atoms. The Morgan fingerprint density at radius 1 is 1.26 bits per heavy atom. The van der Waals surface area contributed by atoms with E-state index in [-0.39, 0.29) is 5.82 Å². The molecule has 0 radical (unpaired) electrons. The summed E-state index contributed by atoms with van der Waals surface area (Å²) in [6.45, 7) is 0. The first-order valence-electron chi connectivity index (χ1n) is 5.46. The largest absolute Gasteiger partial charge is 0.398 e. The minimum atomic E-state index is -0.382. The van der Waals surface area contributed by atoms with Crippen molar-refractivity contribution in [1.29, 1.82) is 5.26 Å². The van der Waals surface area contributed by atoms with Crippen LogP contribution in [0.5, 0.6) is 0 Å². The normalized spacial score (nSPS) is 10.2. The first-order chi connectivity index (χ1) is 9.10. The van der Waals surface area contributed by atoms with Gasteiger partial charge in [0.2, 0.25) is 0 Å². The van der Waals surface area contributed by atoms with Crippen LogP contribution >= 0.6 is 23.4 Å². The van der Waals surface area contributed by atoms with E-state index in [0.717, 1.165) is 4.90 Å². The van der Waals surface area contributed by atoms with Crippen LogP contribution in [0.1, 0.15) is 11.1 Å². The van der Waals surface area contributed by atoms with Gasteiger partial charge in [0.05, 0.1) is 11.6 Å². The second-order valence-corrected chi connectivity index (χ2v) is 5.34. The van der Waals surface area contributed by atoms with E-state index < -0.39 is 0 Å². The molecule has 0 atom stereocenters. The van der Waals surface area contributed by atoms with Crippen LogP contribution in [0.3, 0.4) is 0 Å². The molecule has 0 spiro atoms. The van der Waals surface area contributed by atoms with E-state index in [1.807, 2.05) is 6.07 Å². The highest BCUT2D eigenvalue weighted by atomic mass is 35.5. The van der Waals surface area contributed by atoms with E-state index in [1.165, 1.54) is 17.8 Å². The van der Waals surface area contributed by atoms with Crippen LogP contribution in [0.15, 0.2) is 41.3 Å². The van der Waals surface area contributed by atoms with E-state index in [4.69, 9.17) is 22.6 Å². The summed E-state index contributed by atoms with van der Waals surface area (Å²) in [6.07, 6.45) is 0. The highest BCUT2D eigenvalue weighted by molar-refractivity contribution is 7.98. The maximum Gasteiger partial charge on any atom is 0.128 e. The highest BCUT2D eigenvalue weighted by Crippen LogP contribution is 2.31. The van der Waals surface area contributed by atoms with Crippen molar-refractivity contribution in [2.75, 3.05) is 5.73 Å². The molecule has 96 valence electrons. The summed E-state index contributed by atoms with van der Waals surface area (Å²) in [5.74, 6) is 0.0504. The molecule has 0 saturated heterocycles. The number of hydrogen-bond donors (Lipinski definition) is 1. The van der Waals surface area contributed by atoms with Crippen molar-refractivity contribution in [2.24, 2.45) is 0 Å². The molecule has 2 aromatic rings. The summed E-state index contributed by atoms with van der Waals surface area (Å²) < 4.78 is 13.7. The third-order valence-electron chi connectivity index (χ3n) is 2.54. The van der Waals surface area contributed by atoms with Crippen molar-refractivity contribution >= 4 is 29.1 Å². The maximum atomic E-state index is 13.7. The van der Waals surface area contributed by atoms with Crippen molar-refractivity contribution in [1.82, 2.24) is 0 Å². The monoisotopic (exact) mass is 292 g/mol. The van der Waals surface area contributed by atoms with Gasteiger partial charge in [-0.1, -0.05) is 17.7 Å². The number of halogens is 2. The van der Waals surface area contributed by atoms with Gasteiger partial charge in [0, 0.05) is 21.4 Å². The number of anilines is 1. The second kappa shape index (κ2) is 5.96. The third-order valence-corrected chi connectivity index (χ3v) is 3.90. The summed E-state index contributed by atoms with van der Waals surface area (Å²) in [5.41, 5.74) is 7.28. The Hall–Kier alpha value is -1.70. The molecule has 0 unspecified atom stereocenters. The molecule has 2 rings (SSSR count). The molecular weight excluding hydrogens is 283 g/mol. The van der Waals surface area contributed by atoms with Gasteiger partial charge >= 0.3 is 0 Å². The van der Waals surface area contributed by atoms with Crippen molar-refractivity contribution in [3.8, 4) is 6.07 Å². The number of thioether (sulfide) groups is 1. The lowest BCUT2D eigenvalue weighted by atomic mass is 10.1. The first kappa shape index (κ1) is 13.7. The van der Waals surface area contributed by atoms with Crippen LogP contribution in [-0.2, 0) is 5.75 Å². The van der Waals surface area contributed by atoms with Crippen LogP contribution < -0.4 is 5.73 Å². The van der Waals surface area contributed by atoms with E-state index in [0.29, 0.717) is 27.6 Å². The molecule has 0 aromatic heterocycles. The van der Waals surface area contributed by atoms with Gasteiger partial charge in [-0.3, -0.25) is 0 Å². The van der Waals surface area contributed by atoms with Gasteiger partial charge < -0.3 is 5.73 Å². The molecule has 0 amide bonds. The average Bonchev–Trinajstić information content (AvgIpc) is 2.40. The van der Waals surface area contributed by atoms with Crippen molar-refractivity contribution in [2.45, 2.75) is 10.6 Å². The molecule has 5 heteroatoms. The number of rotatable bonds is 3. The Labute approximate surface area is 120 Å². The van der Waals surface area contributed by atoms with E-state index in [2.05, 4.69) is 0 Å². The van der Waals surface area contributed by atoms with Gasteiger partial charge in [-0.15, -0.1) is 11.8 Å². The summed E-state index contributed by atoms with van der Waals surface area (Å²) in [7, 11) is 0. The van der Waals surface area contributed by atoms with Gasteiger partial charge in [-0.2, -0.15) is 5.26 Å². The summed E-state index contributed by atoms with van der Waals surface area (Å²) in [5, 5.41) is 9.27. The molecule has 0 aliphatic rings. The fourth-order valence-corrected chi connectivity index (χ4v) is 2.75. The Kier molecular flexibility index (Phi) is 4.31. The zero-order valence-electron chi connectivity index (χ0n) is 9.86. The predicted octanol–water partition coefficient (Wildman–Crippen LogP) is 4.23. The van der Waals surface area contributed by atoms with E-state index >= 15 is 0 Å². The summed E-state index contributed by atoms with van der Waals surface area (Å²) >= 11 is 7.30. The molecule has 2 N–H and O–H groups in total. The molecule has 0 heterocycles. The van der Waals surface area contributed by atoms with E-state index in [9.17, 15) is 4.39 Å². The van der Waals surface area contributed by atoms with Gasteiger partial charge in [0.25, 0.3) is 0 Å². The van der Waals surface area contributed by atoms with Gasteiger partial charge in [0.15, 0.2) is 0 Å². The smallest absolute Gasteiger partial charge is 0.128 e. The molecule has 0 saturated carbocycles. The van der Waals surface area contributed by atoms with Gasteiger partial charge in [0.1, 0.15) is 5.82 Å². The highest BCUT2D eigenvalue weighted by Gasteiger charge is 2.06. The van der Waals surface area contributed by atoms with Gasteiger partial charge in [-0.05, 0) is 35.9 Å². The fourth-order valence-electron chi connectivity index (χ4n) is 1.52. The van der Waals surface area contributed by atoms with Gasteiger partial charge in [-0.25, -0.2) is 4.39 Å². The first-order valence-corrected chi connectivity index (χ1v) is 6.83. The topological polar surface area (TPSA) is 49.8 Å². The number of hydrogen-bond acceptors (Lipinski definition) is 3. The van der Waals surface area contributed by atoms with Crippen LogP contribution in [0.25, 0.3) is 0 Å². The number of nitrogens with two attached hydrogens (primary N) is 1. The molecule has 2 aromatic carbocycles. The standard InChI is InChI=1S/C14H10ClFN2S/c15-11-3-4-13(18)14(6-11)19-8-10-2-1-9(7-17)5-12(10)16/h1-6H,8,18H2. The lowest BCUT2D eigenvalue weighted by molar-refractivity contribution is 0.617. The van der Waals surface area contributed by atoms with Crippen LogP contribution in [-0.4, -0.2) is 0 Å². The summed E-state index contributed by atoms with van der Waals surface area (Å²) in [6, 6.07) is 11.5. The zero-order valence-corrected chi connectivity index (χ0v) is 11.4. The van der Waals surface area contributed by atoms with Crippen molar-refractivity contribution < 1.29 is 4.39 Å². The molecule has 0 aliphatic heterocycles. The van der Waals surface area contributed by atoms with Crippen LogP contribution in [0, 0.1) is 17.1 Å². The molecule has 0 bridgehead atoms. The summed E-state index contributed by atoms with van der Waals surface area (Å²) in [4.78, 5) is 0.816. The van der Waals surface area contributed by atoms with Crippen molar-refractivity contribution in [3.05, 3.63) is 58.4 Å². The number of nitriles is 1. The lowest BCUT2D eigenvalue weighted by Crippen LogP contribution is -1.91. The lowest BCUT2D eigenvalue weighted by Gasteiger charge is -2.07. The molecule has 0 fully saturated rings. The molecular formula is C14H10ClFN2S. The quantitative estimate of drug-likeness (QED) is 0.680. The average molecular weight is 293 g/mol. The van der Waals surface area contributed by atoms with Crippen LogP contribution in [0.2, 0.25) is 5.02 Å². The number of nitrogens with zero attached hydrogens (tertiary/aromatic N) is 1. The minimum Gasteiger partial charge on any atom is -0.398 e. The number of benzene rings is 2. The fraction of sp³-hybridized carbons (Fsp3) is 0.0714. The Morgan fingerprint density at radius 3 is 2.74 bits per heavy atom. The van der Waals surface area contributed by atoms with Crippen LogP contribution in [0.4, 0.5) is 10.1 Å². The second-order valence-electron chi connectivity index (χ2n) is 3.89.